The van der Waals surface area contributed by atoms with Crippen molar-refractivity contribution in [1.82, 2.24) is 19.4 Å². The minimum atomic E-state index is 0.136. The van der Waals surface area contributed by atoms with Crippen LogP contribution in [0.1, 0.15) is 53.9 Å². The van der Waals surface area contributed by atoms with Crippen molar-refractivity contribution in [2.75, 3.05) is 19.6 Å². The molecule has 3 aliphatic heterocycles. The minimum absolute atomic E-state index is 0.136. The number of aryl methyl sites for hydroxylation is 1. The van der Waals surface area contributed by atoms with Crippen molar-refractivity contribution < 1.29 is 4.79 Å². The van der Waals surface area contributed by atoms with Crippen LogP contribution in [0, 0.1) is 18.8 Å². The van der Waals surface area contributed by atoms with Crippen molar-refractivity contribution in [2.24, 2.45) is 11.8 Å². The van der Waals surface area contributed by atoms with Crippen LogP contribution >= 0.6 is 11.3 Å². The average molecular weight is 423 g/mol. The lowest BCUT2D eigenvalue weighted by atomic mass is 9.68. The number of hydrogen-bond acceptors (Lipinski definition) is 4. The van der Waals surface area contributed by atoms with Crippen molar-refractivity contribution in [2.45, 2.75) is 57.5 Å². The fraction of sp³-hybridized carbons (Fsp3) is 0.583. The summed E-state index contributed by atoms with van der Waals surface area (Å²) < 4.78 is 2.00. The summed E-state index contributed by atoms with van der Waals surface area (Å²) in [6, 6.07) is 5.02. The molecule has 6 heteroatoms. The quantitative estimate of drug-likeness (QED) is 0.679. The molecule has 4 atom stereocenters. The Labute approximate surface area is 182 Å². The van der Waals surface area contributed by atoms with Crippen molar-refractivity contribution in [3.05, 3.63) is 46.7 Å². The summed E-state index contributed by atoms with van der Waals surface area (Å²) in [6.07, 6.45) is 14.1. The maximum absolute atomic E-state index is 13.7. The Morgan fingerprint density at radius 2 is 2.03 bits per heavy atom. The van der Waals surface area contributed by atoms with Gasteiger partial charge in [0.25, 0.3) is 5.91 Å². The van der Waals surface area contributed by atoms with E-state index < -0.39 is 0 Å². The Kier molecular flexibility index (Phi) is 4.61. The van der Waals surface area contributed by atoms with Gasteiger partial charge in [0.15, 0.2) is 5.13 Å². The van der Waals surface area contributed by atoms with Crippen LogP contribution in [0.2, 0.25) is 0 Å². The molecule has 5 heterocycles. The molecule has 2 aromatic heterocycles. The normalized spacial score (nSPS) is 31.1. The van der Waals surface area contributed by atoms with Crippen molar-refractivity contribution in [3.63, 3.8) is 0 Å². The zero-order valence-corrected chi connectivity index (χ0v) is 18.5. The van der Waals surface area contributed by atoms with Crippen LogP contribution in [-0.2, 0) is 0 Å². The van der Waals surface area contributed by atoms with Crippen LogP contribution in [-0.4, -0.2) is 57.0 Å². The van der Waals surface area contributed by atoms with Crippen molar-refractivity contribution in [3.8, 4) is 5.13 Å². The van der Waals surface area contributed by atoms with E-state index >= 15 is 0 Å². The van der Waals surface area contributed by atoms with Crippen LogP contribution < -0.4 is 0 Å². The second-order valence-electron chi connectivity index (χ2n) is 9.50. The monoisotopic (exact) mass is 422 g/mol. The third kappa shape index (κ3) is 2.99. The summed E-state index contributed by atoms with van der Waals surface area (Å²) in [4.78, 5) is 24.4. The molecule has 6 rings (SSSR count). The Balaban J connectivity index is 1.31. The lowest BCUT2D eigenvalue weighted by Crippen LogP contribution is -2.60. The number of carbonyl (C=O) groups is 1. The number of amides is 1. The number of rotatable bonds is 2. The maximum atomic E-state index is 13.7. The van der Waals surface area contributed by atoms with Crippen LogP contribution in [0.3, 0.4) is 0 Å². The molecule has 1 aliphatic carbocycles. The van der Waals surface area contributed by atoms with Gasteiger partial charge in [0.2, 0.25) is 0 Å². The third-order valence-corrected chi connectivity index (χ3v) is 8.72. The Morgan fingerprint density at radius 3 is 2.90 bits per heavy atom. The highest BCUT2D eigenvalue weighted by molar-refractivity contribution is 7.14. The van der Waals surface area contributed by atoms with E-state index in [-0.39, 0.29) is 11.9 Å². The molecule has 2 unspecified atom stereocenters. The molecule has 0 saturated carbocycles. The summed E-state index contributed by atoms with van der Waals surface area (Å²) in [5, 5.41) is 0.881. The molecule has 3 saturated heterocycles. The molecule has 0 radical (unpaired) electrons. The van der Waals surface area contributed by atoms with Gasteiger partial charge >= 0.3 is 0 Å². The van der Waals surface area contributed by atoms with Crippen LogP contribution in [0.4, 0.5) is 0 Å². The predicted molar refractivity (Wildman–Crippen MR) is 119 cm³/mol. The van der Waals surface area contributed by atoms with Gasteiger partial charge in [0.1, 0.15) is 5.69 Å². The molecule has 158 valence electrons. The van der Waals surface area contributed by atoms with Crippen molar-refractivity contribution >= 4 is 17.2 Å². The molecule has 3 fully saturated rings. The molecule has 2 bridgehead atoms. The van der Waals surface area contributed by atoms with E-state index in [9.17, 15) is 4.79 Å². The molecule has 2 aromatic rings. The Hall–Kier alpha value is -1.92. The van der Waals surface area contributed by atoms with E-state index in [1.165, 1.54) is 38.6 Å². The van der Waals surface area contributed by atoms with Gasteiger partial charge in [-0.1, -0.05) is 18.1 Å². The molecule has 5 nitrogen and oxygen atoms in total. The lowest BCUT2D eigenvalue weighted by molar-refractivity contribution is 0.00131. The van der Waals surface area contributed by atoms with Crippen LogP contribution in [0.25, 0.3) is 5.13 Å². The van der Waals surface area contributed by atoms with Gasteiger partial charge in [0.05, 0.1) is 6.04 Å². The summed E-state index contributed by atoms with van der Waals surface area (Å²) in [5.74, 6) is 1.42. The van der Waals surface area contributed by atoms with E-state index in [1.807, 2.05) is 36.0 Å². The van der Waals surface area contributed by atoms with Gasteiger partial charge < -0.3 is 9.47 Å². The highest BCUT2D eigenvalue weighted by Gasteiger charge is 2.47. The number of nitrogens with zero attached hydrogens (tertiary/aromatic N) is 4. The van der Waals surface area contributed by atoms with Crippen LogP contribution in [0.5, 0.6) is 0 Å². The van der Waals surface area contributed by atoms with E-state index in [0.717, 1.165) is 35.6 Å². The summed E-state index contributed by atoms with van der Waals surface area (Å²) in [6.45, 7) is 5.31. The number of hydrogen-bond donors (Lipinski definition) is 0. The average Bonchev–Trinajstić information content (AvgIpc) is 3.43. The lowest BCUT2D eigenvalue weighted by Gasteiger charge is -2.54. The first-order valence-electron chi connectivity index (χ1n) is 11.6. The zero-order valence-electron chi connectivity index (χ0n) is 17.7. The number of fused-ring (bicyclic) bond motifs is 6. The first kappa shape index (κ1) is 18.8. The largest absolute Gasteiger partial charge is 0.330 e. The van der Waals surface area contributed by atoms with Gasteiger partial charge in [-0.3, -0.25) is 9.69 Å². The molecule has 30 heavy (non-hydrogen) atoms. The number of likely N-dealkylation sites (tertiary alicyclic amines) is 1. The fourth-order valence-corrected chi connectivity index (χ4v) is 7.36. The van der Waals surface area contributed by atoms with E-state index in [0.29, 0.717) is 17.5 Å². The molecule has 0 spiro atoms. The second kappa shape index (κ2) is 7.34. The molecule has 4 aliphatic rings. The third-order valence-electron chi connectivity index (χ3n) is 7.73. The highest BCUT2D eigenvalue weighted by atomic mass is 32.1. The van der Waals surface area contributed by atoms with Gasteiger partial charge in [-0.25, -0.2) is 4.98 Å². The molecular weight excluding hydrogens is 392 g/mol. The first-order chi connectivity index (χ1) is 14.7. The van der Waals surface area contributed by atoms with E-state index in [1.54, 1.807) is 16.9 Å². The second-order valence-corrected chi connectivity index (χ2v) is 10.7. The van der Waals surface area contributed by atoms with Crippen LogP contribution in [0.15, 0.2) is 36.2 Å². The number of carbonyl (C=O) groups excluding carboxylic acids is 1. The predicted octanol–water partition coefficient (Wildman–Crippen LogP) is 4.28. The topological polar surface area (TPSA) is 41.4 Å². The number of aromatic nitrogens is 2. The number of piperidine rings is 3. The highest BCUT2D eigenvalue weighted by Crippen LogP contribution is 2.45. The van der Waals surface area contributed by atoms with Crippen molar-refractivity contribution in [1.29, 1.82) is 0 Å². The molecule has 0 N–H and O–H groups in total. The minimum Gasteiger partial charge on any atom is -0.330 e. The van der Waals surface area contributed by atoms with E-state index in [2.05, 4.69) is 15.9 Å². The summed E-state index contributed by atoms with van der Waals surface area (Å²) in [5.41, 5.74) is 2.19. The van der Waals surface area contributed by atoms with E-state index in [4.69, 9.17) is 4.98 Å². The molecule has 1 amide bonds. The SMILES string of the molecule is Cc1sc(-n2cccc2)nc1C(=O)N1CCCC2=C[C@H]3C[C@@H](CN4CCCCC34)C21. The first-order valence-corrected chi connectivity index (χ1v) is 12.4. The summed E-state index contributed by atoms with van der Waals surface area (Å²) >= 11 is 1.61. The standard InChI is InChI=1S/C24H30N4OS/c1-16-21(25-24(30-16)26-9-4-5-10-26)23(29)28-12-6-7-17-13-18-14-19(22(17)28)15-27-11-3-2-8-20(18)27/h4-5,9-10,13,18-20,22H,2-3,6-8,11-12,14-15H2,1H3/t18-,19-,20?,22?/m0/s1. The molecular formula is C24H30N4OS. The molecule has 0 aromatic carbocycles. The fourth-order valence-electron chi connectivity index (χ4n) is 6.49. The summed E-state index contributed by atoms with van der Waals surface area (Å²) in [7, 11) is 0. The van der Waals surface area contributed by atoms with Gasteiger partial charge in [0, 0.05) is 36.4 Å². The number of thiazole rings is 1. The van der Waals surface area contributed by atoms with Gasteiger partial charge in [-0.15, -0.1) is 11.3 Å². The van der Waals surface area contributed by atoms with Gasteiger partial charge in [-0.2, -0.15) is 0 Å². The zero-order chi connectivity index (χ0) is 20.2. The maximum Gasteiger partial charge on any atom is 0.274 e. The smallest absolute Gasteiger partial charge is 0.274 e. The Morgan fingerprint density at radius 1 is 1.17 bits per heavy atom. The van der Waals surface area contributed by atoms with Gasteiger partial charge in [-0.05, 0) is 69.5 Å². The Bertz CT molecular complexity index is 978.